The Bertz CT molecular complexity index is 738. The molecule has 0 bridgehead atoms. The van der Waals surface area contributed by atoms with Crippen LogP contribution in [0.15, 0.2) is 33.2 Å². The monoisotopic (exact) mass is 421 g/mol. The van der Waals surface area contributed by atoms with Crippen LogP contribution in [0.3, 0.4) is 0 Å². The van der Waals surface area contributed by atoms with Crippen LogP contribution in [0.2, 0.25) is 0 Å². The number of aryl methyl sites for hydroxylation is 1. The molecule has 2 aromatic carbocycles. The van der Waals surface area contributed by atoms with Gasteiger partial charge in [-0.3, -0.25) is 10.1 Å². The van der Waals surface area contributed by atoms with Gasteiger partial charge in [-0.1, -0.05) is 15.9 Å². The number of nitro groups is 1. The van der Waals surface area contributed by atoms with Gasteiger partial charge in [0, 0.05) is 16.1 Å². The molecule has 0 spiro atoms. The first-order chi connectivity index (χ1) is 9.79. The number of hydrogen-bond acceptors (Lipinski definition) is 3. The van der Waals surface area contributed by atoms with E-state index in [1.807, 2.05) is 0 Å². The number of hydrogen-bond donors (Lipinski definition) is 0. The topological polar surface area (TPSA) is 52.4 Å². The van der Waals surface area contributed by atoms with Crippen molar-refractivity contribution in [1.29, 1.82) is 0 Å². The summed E-state index contributed by atoms with van der Waals surface area (Å²) in [5, 5.41) is 10.8. The van der Waals surface area contributed by atoms with Crippen LogP contribution >= 0.6 is 31.9 Å². The van der Waals surface area contributed by atoms with Crippen molar-refractivity contribution in [3.05, 3.63) is 60.5 Å². The fourth-order valence-corrected chi connectivity index (χ4v) is 2.47. The van der Waals surface area contributed by atoms with Crippen LogP contribution in [0.5, 0.6) is 11.5 Å². The highest BCUT2D eigenvalue weighted by Gasteiger charge is 2.18. The van der Waals surface area contributed by atoms with Crippen LogP contribution < -0.4 is 4.74 Å². The first kappa shape index (κ1) is 15.8. The molecule has 0 fully saturated rings. The lowest BCUT2D eigenvalue weighted by atomic mass is 10.2. The van der Waals surface area contributed by atoms with Crippen molar-refractivity contribution in [3.8, 4) is 11.5 Å². The van der Waals surface area contributed by atoms with E-state index in [2.05, 4.69) is 31.9 Å². The van der Waals surface area contributed by atoms with Gasteiger partial charge in [-0.05, 0) is 41.1 Å². The van der Waals surface area contributed by atoms with Gasteiger partial charge in [-0.2, -0.15) is 4.39 Å². The molecule has 0 heterocycles. The molecule has 0 N–H and O–H groups in total. The number of benzene rings is 2. The van der Waals surface area contributed by atoms with Crippen LogP contribution in [0.4, 0.5) is 14.5 Å². The smallest absolute Gasteiger partial charge is 0.273 e. The third-order valence-corrected chi connectivity index (χ3v) is 3.70. The fraction of sp³-hybridized carbons (Fsp3) is 0.0769. The first-order valence-corrected chi connectivity index (χ1v) is 7.15. The van der Waals surface area contributed by atoms with E-state index in [-0.39, 0.29) is 21.7 Å². The molecule has 2 aromatic rings. The minimum absolute atomic E-state index is 0.102. The van der Waals surface area contributed by atoms with Crippen molar-refractivity contribution in [1.82, 2.24) is 0 Å². The maximum atomic E-state index is 13.7. The van der Waals surface area contributed by atoms with Crippen molar-refractivity contribution >= 4 is 37.5 Å². The molecule has 110 valence electrons. The zero-order chi connectivity index (χ0) is 15.7. The lowest BCUT2D eigenvalue weighted by Crippen LogP contribution is -1.96. The van der Waals surface area contributed by atoms with Crippen molar-refractivity contribution in [2.75, 3.05) is 0 Å². The lowest BCUT2D eigenvalue weighted by molar-refractivity contribution is -0.385. The predicted octanol–water partition coefficient (Wildman–Crippen LogP) is 5.50. The van der Waals surface area contributed by atoms with Gasteiger partial charge >= 0.3 is 0 Å². The van der Waals surface area contributed by atoms with E-state index in [1.165, 1.54) is 25.1 Å². The molecule has 0 atom stereocenters. The van der Waals surface area contributed by atoms with Crippen molar-refractivity contribution < 1.29 is 18.4 Å². The van der Waals surface area contributed by atoms with Gasteiger partial charge in [-0.15, -0.1) is 0 Å². The van der Waals surface area contributed by atoms with Gasteiger partial charge in [0.2, 0.25) is 5.82 Å². The highest BCUT2D eigenvalue weighted by atomic mass is 79.9. The zero-order valence-electron chi connectivity index (χ0n) is 10.5. The Labute approximate surface area is 135 Å². The Balaban J connectivity index is 2.46. The molecule has 0 aromatic heterocycles. The molecule has 0 aliphatic carbocycles. The summed E-state index contributed by atoms with van der Waals surface area (Å²) in [6, 6.07) is 4.86. The summed E-state index contributed by atoms with van der Waals surface area (Å²) in [4.78, 5) is 10.3. The van der Waals surface area contributed by atoms with Gasteiger partial charge in [0.15, 0.2) is 11.6 Å². The molecule has 0 unspecified atom stereocenters. The zero-order valence-corrected chi connectivity index (χ0v) is 13.7. The third kappa shape index (κ3) is 3.38. The summed E-state index contributed by atoms with van der Waals surface area (Å²) < 4.78 is 32.8. The summed E-state index contributed by atoms with van der Waals surface area (Å²) >= 11 is 6.15. The summed E-state index contributed by atoms with van der Waals surface area (Å²) in [6.45, 7) is 1.52. The second kappa shape index (κ2) is 6.07. The number of halogens is 4. The van der Waals surface area contributed by atoms with E-state index in [0.29, 0.717) is 10.0 Å². The van der Waals surface area contributed by atoms with Gasteiger partial charge in [-0.25, -0.2) is 4.39 Å². The maximum absolute atomic E-state index is 13.7. The fourth-order valence-electron chi connectivity index (χ4n) is 1.64. The van der Waals surface area contributed by atoms with Crippen molar-refractivity contribution in [2.45, 2.75) is 6.92 Å². The average molecular weight is 423 g/mol. The Morgan fingerprint density at radius 2 is 1.81 bits per heavy atom. The van der Waals surface area contributed by atoms with Gasteiger partial charge in [0.05, 0.1) is 9.40 Å². The molecule has 0 aliphatic heterocycles. The van der Waals surface area contributed by atoms with Gasteiger partial charge < -0.3 is 4.74 Å². The van der Waals surface area contributed by atoms with Crippen LogP contribution in [0, 0.1) is 28.7 Å². The largest absolute Gasteiger partial charge is 0.453 e. The second-order valence-corrected chi connectivity index (χ2v) is 5.90. The van der Waals surface area contributed by atoms with E-state index < -0.39 is 16.6 Å². The standard InChI is InChI=1S/C13H7Br2F2NO3/c1-6-2-11(8(15)5-10(6)18(19)20)21-12-4-7(14)3-9(16)13(12)17/h2-5H,1H3. The van der Waals surface area contributed by atoms with Crippen LogP contribution in [-0.4, -0.2) is 4.92 Å². The van der Waals surface area contributed by atoms with E-state index in [1.54, 1.807) is 0 Å². The molecule has 21 heavy (non-hydrogen) atoms. The highest BCUT2D eigenvalue weighted by Crippen LogP contribution is 2.37. The predicted molar refractivity (Wildman–Crippen MR) is 79.7 cm³/mol. The lowest BCUT2D eigenvalue weighted by Gasteiger charge is -2.10. The molecule has 0 aliphatic rings. The summed E-state index contributed by atoms with van der Waals surface area (Å²) in [6.07, 6.45) is 0. The normalized spacial score (nSPS) is 10.5. The third-order valence-electron chi connectivity index (χ3n) is 2.63. The summed E-state index contributed by atoms with van der Waals surface area (Å²) in [7, 11) is 0. The molecule has 0 saturated carbocycles. The van der Waals surface area contributed by atoms with Gasteiger partial charge in [0.25, 0.3) is 5.69 Å². The summed E-state index contributed by atoms with van der Waals surface area (Å²) in [5.41, 5.74) is 0.240. The number of rotatable bonds is 3. The number of ether oxygens (including phenoxy) is 1. The molecular formula is C13H7Br2F2NO3. The Hall–Kier alpha value is -1.54. The molecule has 0 saturated heterocycles. The SMILES string of the molecule is Cc1cc(Oc2cc(Br)cc(F)c2F)c(Br)cc1[N+](=O)[O-]. The molecule has 0 radical (unpaired) electrons. The molecule has 4 nitrogen and oxygen atoms in total. The Morgan fingerprint density at radius 3 is 2.43 bits per heavy atom. The molecular weight excluding hydrogens is 416 g/mol. The molecule has 0 amide bonds. The number of nitro benzene ring substituents is 1. The quantitative estimate of drug-likeness (QED) is 0.373. The minimum atomic E-state index is -1.14. The van der Waals surface area contributed by atoms with E-state index >= 15 is 0 Å². The highest BCUT2D eigenvalue weighted by molar-refractivity contribution is 9.10. The molecule has 2 rings (SSSR count). The van der Waals surface area contributed by atoms with Crippen LogP contribution in [0.25, 0.3) is 0 Å². The minimum Gasteiger partial charge on any atom is -0.453 e. The van der Waals surface area contributed by atoms with E-state index in [4.69, 9.17) is 4.74 Å². The Morgan fingerprint density at radius 1 is 1.14 bits per heavy atom. The summed E-state index contributed by atoms with van der Waals surface area (Å²) in [5.74, 6) is -2.37. The van der Waals surface area contributed by atoms with Crippen LogP contribution in [-0.2, 0) is 0 Å². The Kier molecular flexibility index (Phi) is 4.58. The maximum Gasteiger partial charge on any atom is 0.273 e. The molecule has 8 heteroatoms. The van der Waals surface area contributed by atoms with E-state index in [9.17, 15) is 18.9 Å². The van der Waals surface area contributed by atoms with E-state index in [0.717, 1.165) is 6.07 Å². The van der Waals surface area contributed by atoms with Crippen molar-refractivity contribution in [2.24, 2.45) is 0 Å². The number of nitrogens with zero attached hydrogens (tertiary/aromatic N) is 1. The van der Waals surface area contributed by atoms with Gasteiger partial charge in [0.1, 0.15) is 5.75 Å². The first-order valence-electron chi connectivity index (χ1n) is 5.56. The average Bonchev–Trinajstić information content (AvgIpc) is 2.38. The van der Waals surface area contributed by atoms with Crippen LogP contribution in [0.1, 0.15) is 5.56 Å². The van der Waals surface area contributed by atoms with Crippen molar-refractivity contribution in [3.63, 3.8) is 0 Å². The second-order valence-electron chi connectivity index (χ2n) is 4.13.